The summed E-state index contributed by atoms with van der Waals surface area (Å²) in [5.41, 5.74) is 0. The fourth-order valence-electron chi connectivity index (χ4n) is 2.11. The number of likely N-dealkylation sites (N-methyl/N-ethyl adjacent to an activating group) is 1. The van der Waals surface area contributed by atoms with E-state index in [4.69, 9.17) is 5.14 Å². The van der Waals surface area contributed by atoms with Crippen LogP contribution < -0.4 is 9.86 Å². The SMILES string of the molecule is CN(C)C(CNS(=O)(=O)c1cccc(S(N)(=O)=O)c1)c1cccs1. The Balaban J connectivity index is 2.22. The van der Waals surface area contributed by atoms with Gasteiger partial charge in [-0.2, -0.15) is 0 Å². The summed E-state index contributed by atoms with van der Waals surface area (Å²) in [6.07, 6.45) is 0. The lowest BCUT2D eigenvalue weighted by Crippen LogP contribution is -2.34. The Morgan fingerprint density at radius 1 is 1.12 bits per heavy atom. The van der Waals surface area contributed by atoms with Gasteiger partial charge < -0.3 is 4.90 Å². The van der Waals surface area contributed by atoms with Gasteiger partial charge in [-0.15, -0.1) is 11.3 Å². The summed E-state index contributed by atoms with van der Waals surface area (Å²) in [7, 11) is -4.10. The topological polar surface area (TPSA) is 110 Å². The summed E-state index contributed by atoms with van der Waals surface area (Å²) in [6.45, 7) is 0.162. The molecule has 0 aliphatic heterocycles. The number of nitrogens with zero attached hydrogens (tertiary/aromatic N) is 1. The van der Waals surface area contributed by atoms with E-state index in [1.807, 2.05) is 36.5 Å². The highest BCUT2D eigenvalue weighted by molar-refractivity contribution is 7.90. The molecule has 10 heteroatoms. The second-order valence-corrected chi connectivity index (χ2v) is 9.67. The third kappa shape index (κ3) is 4.62. The number of hydrogen-bond donors (Lipinski definition) is 2. The van der Waals surface area contributed by atoms with Crippen molar-refractivity contribution in [1.82, 2.24) is 9.62 Å². The molecule has 7 nitrogen and oxygen atoms in total. The van der Waals surface area contributed by atoms with Crippen LogP contribution in [0.15, 0.2) is 51.6 Å². The number of nitrogens with two attached hydrogens (primary N) is 1. The molecule has 24 heavy (non-hydrogen) atoms. The maximum absolute atomic E-state index is 12.4. The van der Waals surface area contributed by atoms with Crippen molar-refractivity contribution in [2.75, 3.05) is 20.6 Å². The van der Waals surface area contributed by atoms with E-state index >= 15 is 0 Å². The minimum absolute atomic E-state index is 0.124. The van der Waals surface area contributed by atoms with Crippen LogP contribution in [-0.2, 0) is 20.0 Å². The van der Waals surface area contributed by atoms with Crippen LogP contribution in [0.2, 0.25) is 0 Å². The summed E-state index contributed by atoms with van der Waals surface area (Å²) in [5, 5.41) is 6.97. The van der Waals surface area contributed by atoms with Gasteiger partial charge in [-0.3, -0.25) is 0 Å². The van der Waals surface area contributed by atoms with E-state index in [2.05, 4.69) is 4.72 Å². The van der Waals surface area contributed by atoms with E-state index in [9.17, 15) is 16.8 Å². The lowest BCUT2D eigenvalue weighted by molar-refractivity contribution is 0.303. The molecule has 1 unspecified atom stereocenters. The molecule has 3 N–H and O–H groups in total. The number of thiophene rings is 1. The fourth-order valence-corrected chi connectivity index (χ4v) is 4.75. The Labute approximate surface area is 146 Å². The number of rotatable bonds is 7. The van der Waals surface area contributed by atoms with Crippen LogP contribution in [0.3, 0.4) is 0 Å². The van der Waals surface area contributed by atoms with Crippen molar-refractivity contribution in [2.24, 2.45) is 5.14 Å². The fraction of sp³-hybridized carbons (Fsp3) is 0.286. The number of sulfonamides is 2. The Morgan fingerprint density at radius 2 is 1.79 bits per heavy atom. The summed E-state index contributed by atoms with van der Waals surface area (Å²) < 4.78 is 50.2. The molecule has 0 bridgehead atoms. The summed E-state index contributed by atoms with van der Waals surface area (Å²) in [6, 6.07) is 8.69. The molecule has 0 radical (unpaired) electrons. The summed E-state index contributed by atoms with van der Waals surface area (Å²) in [4.78, 5) is 2.56. The average Bonchev–Trinajstić information content (AvgIpc) is 3.00. The van der Waals surface area contributed by atoms with Crippen molar-refractivity contribution >= 4 is 31.4 Å². The van der Waals surface area contributed by atoms with Gasteiger partial charge in [-0.25, -0.2) is 26.7 Å². The third-order valence-electron chi connectivity index (χ3n) is 3.41. The van der Waals surface area contributed by atoms with Crippen LogP contribution in [0.5, 0.6) is 0 Å². The first kappa shape index (κ1) is 19.0. The molecule has 0 fully saturated rings. The second-order valence-electron chi connectivity index (χ2n) is 5.37. The number of nitrogens with one attached hydrogen (secondary N) is 1. The molecule has 0 saturated heterocycles. The Kier molecular flexibility index (Phi) is 5.78. The molecule has 0 aliphatic carbocycles. The first-order valence-electron chi connectivity index (χ1n) is 6.93. The maximum atomic E-state index is 12.4. The molecule has 0 aliphatic rings. The average molecular weight is 390 g/mol. The normalized spacial score (nSPS) is 14.0. The molecule has 1 aromatic carbocycles. The van der Waals surface area contributed by atoms with Crippen LogP contribution >= 0.6 is 11.3 Å². The van der Waals surface area contributed by atoms with Gasteiger partial charge in [0, 0.05) is 11.4 Å². The van der Waals surface area contributed by atoms with E-state index in [0.717, 1.165) is 10.9 Å². The molecule has 2 rings (SSSR count). The summed E-state index contributed by atoms with van der Waals surface area (Å²) in [5.74, 6) is 0. The van der Waals surface area contributed by atoms with Gasteiger partial charge in [0.1, 0.15) is 0 Å². The molecular formula is C14H19N3O4S3. The second kappa shape index (κ2) is 7.30. The number of primary sulfonamides is 1. The highest BCUT2D eigenvalue weighted by atomic mass is 32.2. The van der Waals surface area contributed by atoms with Gasteiger partial charge in [0.05, 0.1) is 15.8 Å². The van der Waals surface area contributed by atoms with Gasteiger partial charge in [0.2, 0.25) is 20.0 Å². The zero-order chi connectivity index (χ0) is 18.0. The standard InChI is InChI=1S/C14H19N3O4S3/c1-17(2)13(14-7-4-8-22-14)10-16-24(20,21)12-6-3-5-11(9-12)23(15,18)19/h3-9,13,16H,10H2,1-2H3,(H2,15,18,19). The van der Waals surface area contributed by atoms with E-state index in [-0.39, 0.29) is 22.4 Å². The predicted octanol–water partition coefficient (Wildman–Crippen LogP) is 0.977. The van der Waals surface area contributed by atoms with Crippen LogP contribution in [0.1, 0.15) is 10.9 Å². The molecule has 0 saturated carbocycles. The molecule has 1 atom stereocenters. The molecule has 2 aromatic rings. The highest BCUT2D eigenvalue weighted by Gasteiger charge is 2.21. The Hall–Kier alpha value is -1.30. The van der Waals surface area contributed by atoms with Crippen LogP contribution in [0, 0.1) is 0 Å². The van der Waals surface area contributed by atoms with Gasteiger partial charge in [-0.05, 0) is 43.7 Å². The summed E-state index contributed by atoms with van der Waals surface area (Å²) >= 11 is 1.54. The highest BCUT2D eigenvalue weighted by Crippen LogP contribution is 2.23. The smallest absolute Gasteiger partial charge is 0.240 e. The van der Waals surface area contributed by atoms with Gasteiger partial charge >= 0.3 is 0 Å². The molecule has 1 aromatic heterocycles. The van der Waals surface area contributed by atoms with Gasteiger partial charge in [-0.1, -0.05) is 12.1 Å². The van der Waals surface area contributed by atoms with Crippen molar-refractivity contribution in [2.45, 2.75) is 15.8 Å². The monoisotopic (exact) mass is 389 g/mol. The zero-order valence-electron chi connectivity index (χ0n) is 13.2. The Bertz CT molecular complexity index is 891. The van der Waals surface area contributed by atoms with Gasteiger partial charge in [0.15, 0.2) is 0 Å². The molecule has 132 valence electrons. The minimum atomic E-state index is -3.96. The quantitative estimate of drug-likeness (QED) is 0.733. The van der Waals surface area contributed by atoms with Crippen molar-refractivity contribution in [1.29, 1.82) is 0 Å². The van der Waals surface area contributed by atoms with E-state index < -0.39 is 20.0 Å². The maximum Gasteiger partial charge on any atom is 0.240 e. The Morgan fingerprint density at radius 3 is 2.33 bits per heavy atom. The first-order valence-corrected chi connectivity index (χ1v) is 10.8. The van der Waals surface area contributed by atoms with Crippen LogP contribution in [0.4, 0.5) is 0 Å². The lowest BCUT2D eigenvalue weighted by Gasteiger charge is -2.23. The largest absolute Gasteiger partial charge is 0.300 e. The van der Waals surface area contributed by atoms with Crippen molar-refractivity contribution in [3.8, 4) is 0 Å². The molecule has 0 spiro atoms. The molecule has 0 amide bonds. The van der Waals surface area contributed by atoms with Crippen LogP contribution in [-0.4, -0.2) is 42.4 Å². The van der Waals surface area contributed by atoms with Crippen molar-refractivity contribution in [3.05, 3.63) is 46.7 Å². The van der Waals surface area contributed by atoms with Gasteiger partial charge in [0.25, 0.3) is 0 Å². The van der Waals surface area contributed by atoms with Crippen LogP contribution in [0.25, 0.3) is 0 Å². The number of benzene rings is 1. The zero-order valence-corrected chi connectivity index (χ0v) is 15.7. The predicted molar refractivity (Wildman–Crippen MR) is 93.8 cm³/mol. The van der Waals surface area contributed by atoms with Crippen molar-refractivity contribution < 1.29 is 16.8 Å². The number of hydrogen-bond acceptors (Lipinski definition) is 6. The lowest BCUT2D eigenvalue weighted by atomic mass is 10.2. The van der Waals surface area contributed by atoms with Crippen molar-refractivity contribution in [3.63, 3.8) is 0 Å². The van der Waals surface area contributed by atoms with E-state index in [0.29, 0.717) is 0 Å². The van der Waals surface area contributed by atoms with E-state index in [1.54, 1.807) is 0 Å². The molecular weight excluding hydrogens is 370 g/mol. The first-order chi connectivity index (χ1) is 11.1. The third-order valence-corrected chi connectivity index (χ3v) is 6.71. The minimum Gasteiger partial charge on any atom is -0.300 e. The van der Waals surface area contributed by atoms with E-state index in [1.165, 1.54) is 29.5 Å². The molecule has 1 heterocycles.